The van der Waals surface area contributed by atoms with Crippen molar-refractivity contribution in [2.75, 3.05) is 13.2 Å². The molecule has 5 N–H and O–H groups in total. The van der Waals surface area contributed by atoms with E-state index >= 15 is 0 Å². The maximum Gasteiger partial charge on any atom is 0.304 e. The Balaban J connectivity index is 2.95. The van der Waals surface area contributed by atoms with Crippen molar-refractivity contribution in [1.82, 2.24) is 0 Å². The Morgan fingerprint density at radius 2 is 1.67 bits per heavy atom. The van der Waals surface area contributed by atoms with Gasteiger partial charge in [-0.2, -0.15) is 0 Å². The molecule has 3 atom stereocenters. The van der Waals surface area contributed by atoms with E-state index in [9.17, 15) is 15.0 Å². The predicted molar refractivity (Wildman–Crippen MR) is 49.0 cm³/mol. The SMILES string of the molecule is O=C(O)C[C@@H]1C(CO)=C(CO)[C@@H](O)[C@H]1O. The molecule has 0 aromatic heterocycles. The minimum absolute atomic E-state index is 0.122. The van der Waals surface area contributed by atoms with Crippen LogP contribution in [0.2, 0.25) is 0 Å². The summed E-state index contributed by atoms with van der Waals surface area (Å²) in [5.41, 5.74) is 0.344. The molecule has 6 heteroatoms. The fourth-order valence-electron chi connectivity index (χ4n) is 1.91. The molecule has 1 aliphatic carbocycles. The van der Waals surface area contributed by atoms with Crippen molar-refractivity contribution in [1.29, 1.82) is 0 Å². The summed E-state index contributed by atoms with van der Waals surface area (Å²) >= 11 is 0. The highest BCUT2D eigenvalue weighted by Gasteiger charge is 2.40. The van der Waals surface area contributed by atoms with Crippen molar-refractivity contribution in [2.24, 2.45) is 5.92 Å². The van der Waals surface area contributed by atoms with E-state index in [-0.39, 0.29) is 17.6 Å². The summed E-state index contributed by atoms with van der Waals surface area (Å²) in [5.74, 6) is -1.96. The Kier molecular flexibility index (Phi) is 3.81. The molecule has 0 saturated carbocycles. The molecule has 0 heterocycles. The van der Waals surface area contributed by atoms with Crippen molar-refractivity contribution in [2.45, 2.75) is 18.6 Å². The zero-order chi connectivity index (χ0) is 11.6. The van der Waals surface area contributed by atoms with E-state index in [2.05, 4.69) is 0 Å². The summed E-state index contributed by atoms with van der Waals surface area (Å²) in [6.45, 7) is -0.966. The van der Waals surface area contributed by atoms with Gasteiger partial charge in [-0.05, 0) is 11.1 Å². The van der Waals surface area contributed by atoms with Crippen LogP contribution in [0.4, 0.5) is 0 Å². The van der Waals surface area contributed by atoms with Gasteiger partial charge in [0.2, 0.25) is 0 Å². The molecule has 0 radical (unpaired) electrons. The number of carboxylic acid groups (broad SMARTS) is 1. The van der Waals surface area contributed by atoms with Crippen molar-refractivity contribution >= 4 is 5.97 Å². The fourth-order valence-corrected chi connectivity index (χ4v) is 1.91. The molecule has 0 aromatic rings. The van der Waals surface area contributed by atoms with Crippen molar-refractivity contribution < 1.29 is 30.3 Å². The second kappa shape index (κ2) is 4.71. The van der Waals surface area contributed by atoms with Crippen LogP contribution in [0.1, 0.15) is 6.42 Å². The molecule has 0 aliphatic heterocycles. The van der Waals surface area contributed by atoms with E-state index in [1.807, 2.05) is 0 Å². The van der Waals surface area contributed by atoms with Gasteiger partial charge in [0.25, 0.3) is 0 Å². The van der Waals surface area contributed by atoms with Crippen LogP contribution in [0.15, 0.2) is 11.1 Å². The van der Waals surface area contributed by atoms with Gasteiger partial charge in [-0.3, -0.25) is 4.79 Å². The molecule has 1 aliphatic rings. The van der Waals surface area contributed by atoms with E-state index < -0.39 is 37.3 Å². The van der Waals surface area contributed by atoms with E-state index in [1.54, 1.807) is 0 Å². The summed E-state index contributed by atoms with van der Waals surface area (Å²) in [4.78, 5) is 10.5. The molecule has 0 unspecified atom stereocenters. The molecule has 0 spiro atoms. The van der Waals surface area contributed by atoms with Crippen LogP contribution >= 0.6 is 0 Å². The van der Waals surface area contributed by atoms with Gasteiger partial charge >= 0.3 is 5.97 Å². The normalized spacial score (nSPS) is 31.1. The second-order valence-electron chi connectivity index (χ2n) is 3.51. The Morgan fingerprint density at radius 1 is 1.13 bits per heavy atom. The van der Waals surface area contributed by atoms with Gasteiger partial charge in [0.05, 0.1) is 25.7 Å². The average Bonchev–Trinajstić information content (AvgIpc) is 2.41. The van der Waals surface area contributed by atoms with Gasteiger partial charge in [-0.25, -0.2) is 0 Å². The van der Waals surface area contributed by atoms with Crippen LogP contribution in [0.25, 0.3) is 0 Å². The molecule has 0 aromatic carbocycles. The number of rotatable bonds is 4. The highest BCUT2D eigenvalue weighted by molar-refractivity contribution is 5.68. The summed E-state index contributed by atoms with van der Waals surface area (Å²) in [5, 5.41) is 45.5. The maximum absolute atomic E-state index is 10.5. The first-order valence-electron chi connectivity index (χ1n) is 4.54. The zero-order valence-corrected chi connectivity index (χ0v) is 8.00. The highest BCUT2D eigenvalue weighted by Crippen LogP contribution is 2.34. The third-order valence-corrected chi connectivity index (χ3v) is 2.69. The number of hydrogen-bond acceptors (Lipinski definition) is 5. The Bertz CT molecular complexity index is 284. The molecule has 0 amide bonds. The summed E-state index contributed by atoms with van der Waals surface area (Å²) in [6.07, 6.45) is -2.94. The van der Waals surface area contributed by atoms with E-state index in [0.29, 0.717) is 0 Å². The quantitative estimate of drug-likeness (QED) is 0.351. The van der Waals surface area contributed by atoms with Crippen LogP contribution in [0.5, 0.6) is 0 Å². The number of aliphatic hydroxyl groups excluding tert-OH is 4. The molecule has 15 heavy (non-hydrogen) atoms. The lowest BCUT2D eigenvalue weighted by Gasteiger charge is -2.17. The van der Waals surface area contributed by atoms with Gasteiger partial charge in [0.15, 0.2) is 0 Å². The van der Waals surface area contributed by atoms with E-state index in [4.69, 9.17) is 15.3 Å². The van der Waals surface area contributed by atoms with Gasteiger partial charge in [-0.1, -0.05) is 0 Å². The average molecular weight is 218 g/mol. The lowest BCUT2D eigenvalue weighted by atomic mass is 9.95. The number of hydrogen-bond donors (Lipinski definition) is 5. The number of carbonyl (C=O) groups is 1. The van der Waals surface area contributed by atoms with Crippen LogP contribution < -0.4 is 0 Å². The Hall–Kier alpha value is -0.950. The molecule has 0 fully saturated rings. The second-order valence-corrected chi connectivity index (χ2v) is 3.51. The van der Waals surface area contributed by atoms with E-state index in [1.165, 1.54) is 0 Å². The van der Waals surface area contributed by atoms with Crippen molar-refractivity contribution in [3.8, 4) is 0 Å². The molecule has 1 rings (SSSR count). The van der Waals surface area contributed by atoms with Gasteiger partial charge in [-0.15, -0.1) is 0 Å². The first kappa shape index (κ1) is 12.1. The Labute approximate surface area is 86.1 Å². The number of carboxylic acids is 1. The first-order valence-corrected chi connectivity index (χ1v) is 4.54. The molecule has 0 bridgehead atoms. The smallest absolute Gasteiger partial charge is 0.304 e. The van der Waals surface area contributed by atoms with Crippen LogP contribution in [-0.4, -0.2) is 56.9 Å². The van der Waals surface area contributed by atoms with Crippen LogP contribution in [0.3, 0.4) is 0 Å². The minimum atomic E-state index is -1.29. The lowest BCUT2D eigenvalue weighted by molar-refractivity contribution is -0.139. The number of aliphatic carboxylic acids is 1. The third kappa shape index (κ3) is 2.18. The van der Waals surface area contributed by atoms with Crippen LogP contribution in [0, 0.1) is 5.92 Å². The summed E-state index contributed by atoms with van der Waals surface area (Å²) in [6, 6.07) is 0. The van der Waals surface area contributed by atoms with Crippen LogP contribution in [-0.2, 0) is 4.79 Å². The molecule has 86 valence electrons. The molecular weight excluding hydrogens is 204 g/mol. The standard InChI is InChI=1S/C9H14O6/c10-2-5-4(1-7(12)13)8(14)9(15)6(5)3-11/h4,8-11,14-15H,1-3H2,(H,12,13)/t4-,8+,9-/m1/s1. The first-order chi connectivity index (χ1) is 7.02. The van der Waals surface area contributed by atoms with Gasteiger partial charge < -0.3 is 25.5 Å². The topological polar surface area (TPSA) is 118 Å². The predicted octanol–water partition coefficient (Wildman–Crippen LogP) is -1.91. The van der Waals surface area contributed by atoms with Gasteiger partial charge in [0.1, 0.15) is 6.10 Å². The lowest BCUT2D eigenvalue weighted by Crippen LogP contribution is -2.30. The largest absolute Gasteiger partial charge is 0.481 e. The van der Waals surface area contributed by atoms with Crippen molar-refractivity contribution in [3.05, 3.63) is 11.1 Å². The molecule has 6 nitrogen and oxygen atoms in total. The minimum Gasteiger partial charge on any atom is -0.481 e. The maximum atomic E-state index is 10.5. The van der Waals surface area contributed by atoms with Crippen molar-refractivity contribution in [3.63, 3.8) is 0 Å². The monoisotopic (exact) mass is 218 g/mol. The Morgan fingerprint density at radius 3 is 2.07 bits per heavy atom. The number of aliphatic hydroxyl groups is 4. The fraction of sp³-hybridized carbons (Fsp3) is 0.667. The van der Waals surface area contributed by atoms with Gasteiger partial charge in [0, 0.05) is 5.92 Å². The zero-order valence-electron chi connectivity index (χ0n) is 8.00. The summed E-state index contributed by atoms with van der Waals surface area (Å²) in [7, 11) is 0. The highest BCUT2D eigenvalue weighted by atomic mass is 16.4. The van der Waals surface area contributed by atoms with E-state index in [0.717, 1.165) is 0 Å². The summed E-state index contributed by atoms with van der Waals surface area (Å²) < 4.78 is 0. The third-order valence-electron chi connectivity index (χ3n) is 2.69. The molecule has 0 saturated heterocycles. The molecular formula is C9H14O6.